The quantitative estimate of drug-likeness (QED) is 0.350. The third-order valence-electron chi connectivity index (χ3n) is 4.48. The Hall–Kier alpha value is -2.46. The molecule has 0 saturated carbocycles. The molecular weight excluding hydrogens is 364 g/mol. The van der Waals surface area contributed by atoms with Crippen molar-refractivity contribution in [3.05, 3.63) is 30.6 Å². The molecule has 0 unspecified atom stereocenters. The summed E-state index contributed by atoms with van der Waals surface area (Å²) in [7, 11) is 0. The first-order chi connectivity index (χ1) is 13.2. The summed E-state index contributed by atoms with van der Waals surface area (Å²) >= 11 is 1.59. The summed E-state index contributed by atoms with van der Waals surface area (Å²) in [5.74, 6) is -0.154. The van der Waals surface area contributed by atoms with Crippen molar-refractivity contribution in [3.8, 4) is 11.3 Å². The average molecular weight is 384 g/mol. The highest BCUT2D eigenvalue weighted by Crippen LogP contribution is 2.50. The van der Waals surface area contributed by atoms with E-state index in [1.807, 2.05) is 24.4 Å². The average Bonchev–Trinajstić information content (AvgIpc) is 3.14. The number of amides is 1. The number of fused-ring (bicyclic) bond motifs is 2. The highest BCUT2D eigenvalue weighted by molar-refractivity contribution is 8.00. The number of hydrogen-bond acceptors (Lipinski definition) is 7. The number of carbonyl (C=O) groups excluding carboxylic acids is 1. The summed E-state index contributed by atoms with van der Waals surface area (Å²) in [6.07, 6.45) is 3.57. The van der Waals surface area contributed by atoms with Gasteiger partial charge in [0.1, 0.15) is 5.69 Å². The predicted molar refractivity (Wildman–Crippen MR) is 105 cm³/mol. The molecule has 0 bridgehead atoms. The van der Waals surface area contributed by atoms with Gasteiger partial charge in [0.05, 0.1) is 24.4 Å². The van der Waals surface area contributed by atoms with E-state index in [0.717, 1.165) is 37.6 Å². The van der Waals surface area contributed by atoms with E-state index in [-0.39, 0.29) is 19.1 Å². The van der Waals surface area contributed by atoms with Crippen LogP contribution in [-0.2, 0) is 4.79 Å². The molecule has 3 aromatic rings. The zero-order valence-electron chi connectivity index (χ0n) is 14.6. The first-order valence-corrected chi connectivity index (χ1v) is 9.51. The fourth-order valence-corrected chi connectivity index (χ4v) is 4.43. The Morgan fingerprint density at radius 2 is 2.22 bits per heavy atom. The van der Waals surface area contributed by atoms with Gasteiger partial charge in [-0.2, -0.15) is 5.10 Å². The van der Waals surface area contributed by atoms with Gasteiger partial charge in [-0.1, -0.05) is 11.8 Å². The van der Waals surface area contributed by atoms with Gasteiger partial charge in [0.15, 0.2) is 0 Å². The molecule has 1 aliphatic rings. The van der Waals surface area contributed by atoms with Gasteiger partial charge in [0.25, 0.3) is 0 Å². The molecule has 1 amide bonds. The minimum absolute atomic E-state index is 0.0556. The largest absolute Gasteiger partial charge is 0.395 e. The van der Waals surface area contributed by atoms with Crippen molar-refractivity contribution in [1.82, 2.24) is 20.5 Å². The van der Waals surface area contributed by atoms with Gasteiger partial charge in [-0.15, -0.1) is 0 Å². The van der Waals surface area contributed by atoms with E-state index in [1.165, 1.54) is 0 Å². The Kier molecular flexibility index (Phi) is 5.08. The van der Waals surface area contributed by atoms with E-state index in [1.54, 1.807) is 22.9 Å². The van der Waals surface area contributed by atoms with Crippen molar-refractivity contribution < 1.29 is 9.90 Å². The van der Waals surface area contributed by atoms with Gasteiger partial charge in [-0.05, 0) is 18.2 Å². The molecule has 0 spiro atoms. The number of aromatic nitrogens is 3. The number of aliphatic hydroxyl groups excluding tert-OH is 1. The zero-order chi connectivity index (χ0) is 18.8. The summed E-state index contributed by atoms with van der Waals surface area (Å²) in [6, 6.07) is 5.82. The van der Waals surface area contributed by atoms with Gasteiger partial charge in [-0.25, -0.2) is 0 Å². The van der Waals surface area contributed by atoms with Crippen LogP contribution in [0.15, 0.2) is 40.4 Å². The van der Waals surface area contributed by atoms with E-state index < -0.39 is 0 Å². The minimum atomic E-state index is -0.154. The molecule has 1 aliphatic heterocycles. The van der Waals surface area contributed by atoms with E-state index in [4.69, 9.17) is 10.8 Å². The van der Waals surface area contributed by atoms with Crippen LogP contribution in [0.5, 0.6) is 0 Å². The van der Waals surface area contributed by atoms with Crippen molar-refractivity contribution >= 4 is 34.3 Å². The Labute approximate surface area is 160 Å². The van der Waals surface area contributed by atoms with Crippen LogP contribution < -0.4 is 16.0 Å². The number of aromatic amines is 1. The topological polar surface area (TPSA) is 120 Å². The SMILES string of the molecule is NCC(=O)N(CCNCCO)c1ccc2[nH]nc3c2c1Sc1cnccc1-3. The second kappa shape index (κ2) is 7.65. The summed E-state index contributed by atoms with van der Waals surface area (Å²) in [5, 5.41) is 20.6. The standard InChI is InChI=1S/C18H20N6O2S/c19-9-15(26)24(7-5-20-6-8-25)13-2-1-12-16-17(23-22-12)11-3-4-21-10-14(11)27-18(13)16/h1-4,10,20,25H,5-9,19H2,(H,22,23). The Morgan fingerprint density at radius 1 is 1.33 bits per heavy atom. The third-order valence-corrected chi connectivity index (χ3v) is 5.64. The molecule has 0 atom stereocenters. The predicted octanol–water partition coefficient (Wildman–Crippen LogP) is 0.963. The van der Waals surface area contributed by atoms with Gasteiger partial charge in [0.2, 0.25) is 5.91 Å². The maximum atomic E-state index is 12.5. The number of aliphatic hydroxyl groups is 1. The van der Waals surface area contributed by atoms with Crippen LogP contribution >= 0.6 is 11.8 Å². The van der Waals surface area contributed by atoms with Crippen LogP contribution in [-0.4, -0.2) is 59.0 Å². The van der Waals surface area contributed by atoms with Gasteiger partial charge < -0.3 is 21.1 Å². The molecule has 0 radical (unpaired) electrons. The molecule has 0 saturated heterocycles. The number of nitrogens with one attached hydrogen (secondary N) is 2. The van der Waals surface area contributed by atoms with Crippen molar-refractivity contribution in [1.29, 1.82) is 0 Å². The van der Waals surface area contributed by atoms with E-state index in [0.29, 0.717) is 19.6 Å². The second-order valence-electron chi connectivity index (χ2n) is 6.11. The number of rotatable bonds is 7. The number of anilines is 1. The van der Waals surface area contributed by atoms with E-state index >= 15 is 0 Å². The third kappa shape index (κ3) is 3.19. The second-order valence-corrected chi connectivity index (χ2v) is 7.16. The smallest absolute Gasteiger partial charge is 0.240 e. The molecule has 3 heterocycles. The molecule has 0 fully saturated rings. The lowest BCUT2D eigenvalue weighted by atomic mass is 10.1. The molecule has 4 rings (SSSR count). The molecule has 9 heteroatoms. The van der Waals surface area contributed by atoms with Crippen LogP contribution in [0.2, 0.25) is 0 Å². The number of nitrogens with zero attached hydrogens (tertiary/aromatic N) is 3. The molecule has 5 N–H and O–H groups in total. The Morgan fingerprint density at radius 3 is 3.04 bits per heavy atom. The number of hydrogen-bond donors (Lipinski definition) is 4. The lowest BCUT2D eigenvalue weighted by Crippen LogP contribution is -2.41. The fourth-order valence-electron chi connectivity index (χ4n) is 3.23. The number of H-pyrrole nitrogens is 1. The molecule has 8 nitrogen and oxygen atoms in total. The first kappa shape index (κ1) is 17.9. The number of carbonyl (C=O) groups is 1. The lowest BCUT2D eigenvalue weighted by Gasteiger charge is -2.27. The summed E-state index contributed by atoms with van der Waals surface area (Å²) in [5.41, 5.74) is 9.30. The minimum Gasteiger partial charge on any atom is -0.395 e. The molecule has 1 aromatic carbocycles. The van der Waals surface area contributed by atoms with Gasteiger partial charge in [0, 0.05) is 52.8 Å². The number of nitrogens with two attached hydrogens (primary N) is 1. The van der Waals surface area contributed by atoms with Gasteiger partial charge in [-0.3, -0.25) is 14.9 Å². The highest BCUT2D eigenvalue weighted by atomic mass is 32.2. The summed E-state index contributed by atoms with van der Waals surface area (Å²) < 4.78 is 0. The zero-order valence-corrected chi connectivity index (χ0v) is 15.4. The van der Waals surface area contributed by atoms with Gasteiger partial charge >= 0.3 is 0 Å². The van der Waals surface area contributed by atoms with Crippen LogP contribution in [0.25, 0.3) is 22.2 Å². The van der Waals surface area contributed by atoms with Crippen molar-refractivity contribution in [2.24, 2.45) is 5.73 Å². The summed E-state index contributed by atoms with van der Waals surface area (Å²) in [6.45, 7) is 1.49. The molecule has 0 aliphatic carbocycles. The van der Waals surface area contributed by atoms with Crippen LogP contribution in [0, 0.1) is 0 Å². The normalized spacial score (nSPS) is 12.2. The van der Waals surface area contributed by atoms with Crippen LogP contribution in [0.3, 0.4) is 0 Å². The monoisotopic (exact) mass is 384 g/mol. The number of pyridine rings is 1. The highest BCUT2D eigenvalue weighted by Gasteiger charge is 2.27. The van der Waals surface area contributed by atoms with Crippen molar-refractivity contribution in [2.75, 3.05) is 37.7 Å². The Balaban J connectivity index is 1.79. The van der Waals surface area contributed by atoms with Crippen LogP contribution in [0.4, 0.5) is 5.69 Å². The molecule has 2 aromatic heterocycles. The summed E-state index contributed by atoms with van der Waals surface area (Å²) in [4.78, 5) is 20.4. The van der Waals surface area contributed by atoms with E-state index in [2.05, 4.69) is 20.5 Å². The molecule has 27 heavy (non-hydrogen) atoms. The van der Waals surface area contributed by atoms with E-state index in [9.17, 15) is 4.79 Å². The first-order valence-electron chi connectivity index (χ1n) is 8.70. The maximum Gasteiger partial charge on any atom is 0.240 e. The lowest BCUT2D eigenvalue weighted by molar-refractivity contribution is -0.117. The molecular formula is C18H20N6O2S. The molecule has 140 valence electrons. The van der Waals surface area contributed by atoms with Crippen molar-refractivity contribution in [2.45, 2.75) is 9.79 Å². The fraction of sp³-hybridized carbons (Fsp3) is 0.278. The van der Waals surface area contributed by atoms with Crippen molar-refractivity contribution in [3.63, 3.8) is 0 Å². The number of benzene rings is 1. The van der Waals surface area contributed by atoms with Crippen LogP contribution in [0.1, 0.15) is 0 Å². The maximum absolute atomic E-state index is 12.5. The Bertz CT molecular complexity index is 989.